The third-order valence-corrected chi connectivity index (χ3v) is 3.90. The van der Waals surface area contributed by atoms with Gasteiger partial charge >= 0.3 is 5.97 Å². The Morgan fingerprint density at radius 1 is 1.20 bits per heavy atom. The number of hydrogen-bond acceptors (Lipinski definition) is 3. The fourth-order valence-corrected chi connectivity index (χ4v) is 2.19. The van der Waals surface area contributed by atoms with Crippen LogP contribution in [0.15, 0.2) is 48.5 Å². The van der Waals surface area contributed by atoms with Crippen LogP contribution in [-0.4, -0.2) is 18.0 Å². The summed E-state index contributed by atoms with van der Waals surface area (Å²) in [5.41, 5.74) is 1.52. The first-order chi connectivity index (χ1) is 11.9. The summed E-state index contributed by atoms with van der Waals surface area (Å²) in [6.45, 7) is 3.22. The Hall–Kier alpha value is -2.66. The van der Waals surface area contributed by atoms with Crippen molar-refractivity contribution in [3.05, 3.63) is 70.5 Å². The number of nitrogens with one attached hydrogen (secondary N) is 1. The lowest BCUT2D eigenvalue weighted by Gasteiger charge is -2.14. The van der Waals surface area contributed by atoms with Crippen LogP contribution in [0.3, 0.4) is 0 Å². The molecule has 0 aromatic heterocycles. The first kappa shape index (κ1) is 18.7. The maximum atomic E-state index is 13.5. The Balaban J connectivity index is 1.95. The summed E-state index contributed by atoms with van der Waals surface area (Å²) < 4.78 is 18.5. The lowest BCUT2D eigenvalue weighted by molar-refractivity contribution is -0.148. The van der Waals surface area contributed by atoms with Gasteiger partial charge in [-0.25, -0.2) is 9.18 Å². The van der Waals surface area contributed by atoms with E-state index in [1.165, 1.54) is 25.1 Å². The third-order valence-electron chi connectivity index (χ3n) is 3.49. The Morgan fingerprint density at radius 2 is 1.92 bits per heavy atom. The van der Waals surface area contributed by atoms with Crippen LogP contribution in [0.1, 0.15) is 18.1 Å². The zero-order chi connectivity index (χ0) is 18.4. The molecule has 0 fully saturated rings. The molecule has 2 rings (SSSR count). The molecule has 25 heavy (non-hydrogen) atoms. The highest BCUT2D eigenvalue weighted by Gasteiger charge is 2.17. The summed E-state index contributed by atoms with van der Waals surface area (Å²) in [5.74, 6) is -1.68. The molecule has 6 heteroatoms. The maximum absolute atomic E-state index is 13.5. The second-order valence-electron chi connectivity index (χ2n) is 5.34. The van der Waals surface area contributed by atoms with Gasteiger partial charge in [0.15, 0.2) is 6.10 Å². The van der Waals surface area contributed by atoms with Crippen LogP contribution in [0.4, 0.5) is 10.1 Å². The molecule has 0 bridgehead atoms. The van der Waals surface area contributed by atoms with Gasteiger partial charge < -0.3 is 10.1 Å². The molecule has 1 amide bonds. The topological polar surface area (TPSA) is 55.4 Å². The summed E-state index contributed by atoms with van der Waals surface area (Å²) in [7, 11) is 0. The third kappa shape index (κ3) is 5.16. The van der Waals surface area contributed by atoms with Crippen LogP contribution in [-0.2, 0) is 14.3 Å². The van der Waals surface area contributed by atoms with Gasteiger partial charge in [0.05, 0.1) is 0 Å². The van der Waals surface area contributed by atoms with Crippen LogP contribution in [0.2, 0.25) is 5.02 Å². The van der Waals surface area contributed by atoms with E-state index in [2.05, 4.69) is 5.32 Å². The van der Waals surface area contributed by atoms with Crippen molar-refractivity contribution in [2.24, 2.45) is 0 Å². The van der Waals surface area contributed by atoms with Gasteiger partial charge in [-0.3, -0.25) is 4.79 Å². The van der Waals surface area contributed by atoms with E-state index < -0.39 is 23.8 Å². The molecule has 4 nitrogen and oxygen atoms in total. The Kier molecular flexibility index (Phi) is 6.31. The summed E-state index contributed by atoms with van der Waals surface area (Å²) in [4.78, 5) is 23.9. The van der Waals surface area contributed by atoms with E-state index in [0.29, 0.717) is 10.7 Å². The second-order valence-corrected chi connectivity index (χ2v) is 5.74. The molecular formula is C19H17ClFNO3. The highest BCUT2D eigenvalue weighted by Crippen LogP contribution is 2.23. The highest BCUT2D eigenvalue weighted by atomic mass is 35.5. The van der Waals surface area contributed by atoms with Crippen molar-refractivity contribution in [3.8, 4) is 0 Å². The van der Waals surface area contributed by atoms with Crippen molar-refractivity contribution >= 4 is 35.2 Å². The van der Waals surface area contributed by atoms with Crippen molar-refractivity contribution in [2.45, 2.75) is 20.0 Å². The molecule has 0 heterocycles. The van der Waals surface area contributed by atoms with Gasteiger partial charge in [0.1, 0.15) is 5.82 Å². The van der Waals surface area contributed by atoms with E-state index >= 15 is 0 Å². The number of carbonyl (C=O) groups excluding carboxylic acids is 2. The molecule has 0 aliphatic rings. The molecule has 2 aromatic carbocycles. The molecular weight excluding hydrogens is 345 g/mol. The quantitative estimate of drug-likeness (QED) is 0.635. The van der Waals surface area contributed by atoms with Crippen LogP contribution in [0.25, 0.3) is 6.08 Å². The van der Waals surface area contributed by atoms with Crippen LogP contribution in [0, 0.1) is 12.7 Å². The Labute approximate surface area is 150 Å². The molecule has 0 radical (unpaired) electrons. The van der Waals surface area contributed by atoms with Crippen LogP contribution in [0.5, 0.6) is 0 Å². The number of ether oxygens (including phenoxy) is 1. The monoisotopic (exact) mass is 361 g/mol. The molecule has 0 spiro atoms. The molecule has 1 atom stereocenters. The fourth-order valence-electron chi connectivity index (χ4n) is 2.01. The minimum atomic E-state index is -1.02. The molecule has 0 aliphatic heterocycles. The number of esters is 1. The number of anilines is 1. The average Bonchev–Trinajstić information content (AvgIpc) is 2.58. The van der Waals surface area contributed by atoms with Crippen LogP contribution < -0.4 is 5.32 Å². The predicted molar refractivity (Wildman–Crippen MR) is 95.8 cm³/mol. The summed E-state index contributed by atoms with van der Waals surface area (Å²) in [6.07, 6.45) is 1.35. The SMILES string of the molecule is Cc1c(Cl)cccc1NC(=O)[C@@H](C)OC(=O)/C=C/c1ccccc1F. The first-order valence-corrected chi connectivity index (χ1v) is 7.95. The van der Waals surface area contributed by atoms with Crippen molar-refractivity contribution in [1.82, 2.24) is 0 Å². The maximum Gasteiger partial charge on any atom is 0.331 e. The number of carbonyl (C=O) groups is 2. The highest BCUT2D eigenvalue weighted by molar-refractivity contribution is 6.31. The van der Waals surface area contributed by atoms with Gasteiger partial charge in [-0.05, 0) is 43.7 Å². The van der Waals surface area contributed by atoms with Gasteiger partial charge in [0.2, 0.25) is 0 Å². The molecule has 0 saturated heterocycles. The zero-order valence-corrected chi connectivity index (χ0v) is 14.5. The van der Waals surface area contributed by atoms with Gasteiger partial charge in [-0.15, -0.1) is 0 Å². The van der Waals surface area contributed by atoms with Gasteiger partial charge in [-0.1, -0.05) is 35.9 Å². The van der Waals surface area contributed by atoms with E-state index in [1.54, 1.807) is 37.3 Å². The molecule has 130 valence electrons. The molecule has 0 saturated carbocycles. The largest absolute Gasteiger partial charge is 0.449 e. The van der Waals surface area contributed by atoms with Gasteiger partial charge in [0.25, 0.3) is 5.91 Å². The number of halogens is 2. The van der Waals surface area contributed by atoms with Crippen molar-refractivity contribution in [1.29, 1.82) is 0 Å². The van der Waals surface area contributed by atoms with Gasteiger partial charge in [-0.2, -0.15) is 0 Å². The van der Waals surface area contributed by atoms with Crippen LogP contribution >= 0.6 is 11.6 Å². The normalized spacial score (nSPS) is 12.0. The standard InChI is InChI=1S/C19H17ClFNO3/c1-12-15(20)7-5-9-17(12)22-19(24)13(2)25-18(23)11-10-14-6-3-4-8-16(14)21/h3-11,13H,1-2H3,(H,22,24)/b11-10+/t13-/m1/s1. The minimum absolute atomic E-state index is 0.256. The lowest BCUT2D eigenvalue weighted by Crippen LogP contribution is -2.29. The van der Waals surface area contributed by atoms with Crippen molar-refractivity contribution in [3.63, 3.8) is 0 Å². The minimum Gasteiger partial charge on any atom is -0.449 e. The van der Waals surface area contributed by atoms with E-state index in [-0.39, 0.29) is 5.56 Å². The van der Waals surface area contributed by atoms with E-state index in [9.17, 15) is 14.0 Å². The summed E-state index contributed by atoms with van der Waals surface area (Å²) in [6, 6.07) is 11.1. The number of benzene rings is 2. The van der Waals surface area contributed by atoms with E-state index in [0.717, 1.165) is 11.6 Å². The van der Waals surface area contributed by atoms with Gasteiger partial charge in [0, 0.05) is 22.3 Å². The molecule has 0 unspecified atom stereocenters. The van der Waals surface area contributed by atoms with Crippen molar-refractivity contribution < 1.29 is 18.7 Å². The molecule has 1 N–H and O–H groups in total. The molecule has 2 aromatic rings. The second kappa shape index (κ2) is 8.44. The lowest BCUT2D eigenvalue weighted by atomic mass is 10.2. The van der Waals surface area contributed by atoms with Crippen molar-refractivity contribution in [2.75, 3.05) is 5.32 Å². The summed E-state index contributed by atoms with van der Waals surface area (Å²) >= 11 is 6.00. The smallest absolute Gasteiger partial charge is 0.331 e. The summed E-state index contributed by atoms with van der Waals surface area (Å²) in [5, 5.41) is 3.18. The fraction of sp³-hybridized carbons (Fsp3) is 0.158. The molecule has 0 aliphatic carbocycles. The van der Waals surface area contributed by atoms with E-state index in [1.807, 2.05) is 0 Å². The number of rotatable bonds is 5. The number of amides is 1. The first-order valence-electron chi connectivity index (χ1n) is 7.57. The average molecular weight is 362 g/mol. The Bertz CT molecular complexity index is 820. The number of hydrogen-bond donors (Lipinski definition) is 1. The predicted octanol–water partition coefficient (Wildman–Crippen LogP) is 4.37. The zero-order valence-electron chi connectivity index (χ0n) is 13.8. The Morgan fingerprint density at radius 3 is 2.64 bits per heavy atom. The van der Waals surface area contributed by atoms with E-state index in [4.69, 9.17) is 16.3 Å².